The first kappa shape index (κ1) is 18.8. The van der Waals surface area contributed by atoms with Crippen molar-refractivity contribution in [3.8, 4) is 0 Å². The van der Waals surface area contributed by atoms with Gasteiger partial charge in [0, 0.05) is 25.0 Å². The fourth-order valence-corrected chi connectivity index (χ4v) is 7.72. The van der Waals surface area contributed by atoms with Gasteiger partial charge < -0.3 is 10.4 Å². The second-order valence-corrected chi connectivity index (χ2v) is 10.6. The third kappa shape index (κ3) is 2.89. The Kier molecular flexibility index (Phi) is 4.67. The summed E-state index contributed by atoms with van der Waals surface area (Å²) in [5, 5.41) is 14.1. The van der Waals surface area contributed by atoms with E-state index in [1.807, 2.05) is 18.5 Å². The summed E-state index contributed by atoms with van der Waals surface area (Å²) in [6, 6.07) is 4.84. The fourth-order valence-electron chi connectivity index (χ4n) is 7.72. The fraction of sp³-hybridized carbons (Fsp3) is 0.720. The Morgan fingerprint density at radius 1 is 1.14 bits per heavy atom. The SMILES string of the molecule is C[C@]12CCC(O)CC1=CC[C@@H]1[C@H]2CC[C@]2(C)C(NCc3cccnc3)CC[C@@H]12. The molecule has 0 saturated heterocycles. The van der Waals surface area contributed by atoms with Gasteiger partial charge in [-0.05, 0) is 91.6 Å². The molecule has 4 aliphatic rings. The molecule has 5 rings (SSSR count). The number of aromatic nitrogens is 1. The lowest BCUT2D eigenvalue weighted by Gasteiger charge is -2.58. The van der Waals surface area contributed by atoms with Crippen molar-refractivity contribution in [2.24, 2.45) is 28.6 Å². The largest absolute Gasteiger partial charge is 0.393 e. The van der Waals surface area contributed by atoms with Crippen LogP contribution in [0.3, 0.4) is 0 Å². The molecule has 0 radical (unpaired) electrons. The molecule has 2 unspecified atom stereocenters. The number of rotatable bonds is 3. The zero-order valence-corrected chi connectivity index (χ0v) is 17.5. The lowest BCUT2D eigenvalue weighted by Crippen LogP contribution is -2.53. The number of pyridine rings is 1. The summed E-state index contributed by atoms with van der Waals surface area (Å²) in [5.74, 6) is 2.52. The van der Waals surface area contributed by atoms with Gasteiger partial charge in [0.2, 0.25) is 0 Å². The van der Waals surface area contributed by atoms with Crippen molar-refractivity contribution in [2.45, 2.75) is 83.9 Å². The van der Waals surface area contributed by atoms with Gasteiger partial charge in [-0.15, -0.1) is 0 Å². The first-order chi connectivity index (χ1) is 13.5. The number of aliphatic hydroxyl groups excluding tert-OH is 1. The third-order valence-corrected chi connectivity index (χ3v) is 9.35. The van der Waals surface area contributed by atoms with E-state index in [1.54, 1.807) is 5.57 Å². The molecule has 0 bridgehead atoms. The highest BCUT2D eigenvalue weighted by Gasteiger charge is 2.58. The van der Waals surface area contributed by atoms with Crippen molar-refractivity contribution in [3.05, 3.63) is 41.7 Å². The Morgan fingerprint density at radius 3 is 2.86 bits per heavy atom. The Balaban J connectivity index is 1.34. The van der Waals surface area contributed by atoms with E-state index in [2.05, 4.69) is 36.3 Å². The minimum atomic E-state index is -0.0998. The molecule has 1 heterocycles. The molecule has 1 aromatic heterocycles. The maximum Gasteiger partial charge on any atom is 0.0577 e. The van der Waals surface area contributed by atoms with Crippen LogP contribution in [-0.2, 0) is 6.54 Å². The van der Waals surface area contributed by atoms with Crippen LogP contribution in [0.4, 0.5) is 0 Å². The van der Waals surface area contributed by atoms with Crippen LogP contribution in [0.5, 0.6) is 0 Å². The number of hydrogen-bond acceptors (Lipinski definition) is 3. The Hall–Kier alpha value is -1.19. The Labute approximate surface area is 170 Å². The van der Waals surface area contributed by atoms with E-state index in [-0.39, 0.29) is 6.10 Å². The van der Waals surface area contributed by atoms with E-state index < -0.39 is 0 Å². The number of hydrogen-bond donors (Lipinski definition) is 2. The highest BCUT2D eigenvalue weighted by Crippen LogP contribution is 2.64. The molecule has 2 N–H and O–H groups in total. The van der Waals surface area contributed by atoms with Crippen molar-refractivity contribution in [1.29, 1.82) is 0 Å². The van der Waals surface area contributed by atoms with Gasteiger partial charge in [0.1, 0.15) is 0 Å². The number of allylic oxidation sites excluding steroid dienone is 1. The smallest absolute Gasteiger partial charge is 0.0577 e. The summed E-state index contributed by atoms with van der Waals surface area (Å²) in [6.45, 7) is 6.04. The molecular weight excluding hydrogens is 344 g/mol. The maximum atomic E-state index is 10.2. The van der Waals surface area contributed by atoms with Gasteiger partial charge in [-0.2, -0.15) is 0 Å². The van der Waals surface area contributed by atoms with E-state index in [0.717, 1.165) is 37.1 Å². The first-order valence-electron chi connectivity index (χ1n) is 11.5. The second kappa shape index (κ2) is 6.95. The van der Waals surface area contributed by atoms with Crippen LogP contribution in [0.2, 0.25) is 0 Å². The molecule has 4 aliphatic carbocycles. The van der Waals surface area contributed by atoms with Crippen LogP contribution in [-0.4, -0.2) is 22.2 Å². The van der Waals surface area contributed by atoms with E-state index in [0.29, 0.717) is 16.9 Å². The van der Waals surface area contributed by atoms with Gasteiger partial charge in [0.25, 0.3) is 0 Å². The molecule has 0 amide bonds. The summed E-state index contributed by atoms with van der Waals surface area (Å²) >= 11 is 0. The van der Waals surface area contributed by atoms with E-state index in [4.69, 9.17) is 0 Å². The van der Waals surface area contributed by atoms with Gasteiger partial charge >= 0.3 is 0 Å². The van der Waals surface area contributed by atoms with Crippen LogP contribution in [0.25, 0.3) is 0 Å². The molecule has 3 heteroatoms. The number of aliphatic hydroxyl groups is 1. The Bertz CT molecular complexity index is 746. The minimum absolute atomic E-state index is 0.0998. The number of fused-ring (bicyclic) bond motifs is 5. The van der Waals surface area contributed by atoms with Crippen LogP contribution < -0.4 is 5.32 Å². The third-order valence-electron chi connectivity index (χ3n) is 9.35. The lowest BCUT2D eigenvalue weighted by atomic mass is 9.48. The van der Waals surface area contributed by atoms with Gasteiger partial charge in [-0.25, -0.2) is 0 Å². The zero-order chi connectivity index (χ0) is 19.4. The van der Waals surface area contributed by atoms with Crippen molar-refractivity contribution in [2.75, 3.05) is 0 Å². The van der Waals surface area contributed by atoms with Gasteiger partial charge in [0.05, 0.1) is 6.10 Å². The quantitative estimate of drug-likeness (QED) is 0.736. The number of nitrogens with zero attached hydrogens (tertiary/aromatic N) is 1. The molecule has 3 saturated carbocycles. The average molecular weight is 381 g/mol. The van der Waals surface area contributed by atoms with Gasteiger partial charge in [-0.3, -0.25) is 4.98 Å². The standard InChI is InChI=1S/C25H36N2O/c1-24-11-9-19(28)14-18(24)5-6-20-21-7-8-23(25(21,2)12-10-22(20)24)27-16-17-4-3-13-26-15-17/h3-5,13,15,19-23,27-28H,6-12,14,16H2,1-2H3/t19?,20-,21-,22+,23?,24-,25-/m0/s1. The van der Waals surface area contributed by atoms with E-state index in [1.165, 1.54) is 44.1 Å². The summed E-state index contributed by atoms with van der Waals surface area (Å²) in [5.41, 5.74) is 3.66. The predicted molar refractivity (Wildman–Crippen MR) is 113 cm³/mol. The van der Waals surface area contributed by atoms with E-state index >= 15 is 0 Å². The van der Waals surface area contributed by atoms with Crippen molar-refractivity contribution in [1.82, 2.24) is 10.3 Å². The normalized spacial score (nSPS) is 45.0. The Morgan fingerprint density at radius 2 is 2.04 bits per heavy atom. The summed E-state index contributed by atoms with van der Waals surface area (Å²) in [6.07, 6.45) is 16.1. The monoisotopic (exact) mass is 380 g/mol. The molecule has 3 fully saturated rings. The van der Waals surface area contributed by atoms with Gasteiger partial charge in [-0.1, -0.05) is 31.6 Å². The minimum Gasteiger partial charge on any atom is -0.393 e. The first-order valence-corrected chi connectivity index (χ1v) is 11.5. The lowest BCUT2D eigenvalue weighted by molar-refractivity contribution is -0.0435. The highest BCUT2D eigenvalue weighted by atomic mass is 16.3. The summed E-state index contributed by atoms with van der Waals surface area (Å²) in [4.78, 5) is 4.27. The van der Waals surface area contributed by atoms with Crippen molar-refractivity contribution in [3.63, 3.8) is 0 Å². The molecule has 1 aromatic rings. The molecular formula is C25H36N2O. The summed E-state index contributed by atoms with van der Waals surface area (Å²) in [7, 11) is 0. The zero-order valence-electron chi connectivity index (χ0n) is 17.5. The average Bonchev–Trinajstić information content (AvgIpc) is 3.04. The molecule has 7 atom stereocenters. The molecule has 28 heavy (non-hydrogen) atoms. The molecule has 152 valence electrons. The molecule has 3 nitrogen and oxygen atoms in total. The topological polar surface area (TPSA) is 45.1 Å². The summed E-state index contributed by atoms with van der Waals surface area (Å²) < 4.78 is 0. The van der Waals surface area contributed by atoms with Gasteiger partial charge in [0.15, 0.2) is 0 Å². The van der Waals surface area contributed by atoms with Crippen molar-refractivity contribution >= 4 is 0 Å². The molecule has 0 aliphatic heterocycles. The van der Waals surface area contributed by atoms with E-state index in [9.17, 15) is 5.11 Å². The molecule has 0 spiro atoms. The maximum absolute atomic E-state index is 10.2. The van der Waals surface area contributed by atoms with Crippen molar-refractivity contribution < 1.29 is 5.11 Å². The molecule has 0 aromatic carbocycles. The second-order valence-electron chi connectivity index (χ2n) is 10.6. The van der Waals surface area contributed by atoms with Crippen LogP contribution >= 0.6 is 0 Å². The predicted octanol–water partition coefficient (Wildman–Crippen LogP) is 4.86. The van der Waals surface area contributed by atoms with Crippen LogP contribution in [0.1, 0.15) is 70.8 Å². The highest BCUT2D eigenvalue weighted by molar-refractivity contribution is 5.25. The number of nitrogens with one attached hydrogen (secondary N) is 1. The van der Waals surface area contributed by atoms with Crippen LogP contribution in [0, 0.1) is 28.6 Å². The van der Waals surface area contributed by atoms with Crippen LogP contribution in [0.15, 0.2) is 36.2 Å².